The fourth-order valence-electron chi connectivity index (χ4n) is 0.895. The molecule has 0 fully saturated rings. The number of Topliss-reactive ketones (excluding diaryl/α,β-unsaturated/α-hetero) is 1. The van der Waals surface area contributed by atoms with Gasteiger partial charge in [0, 0.05) is 5.92 Å². The summed E-state index contributed by atoms with van der Waals surface area (Å²) in [6.45, 7) is 3.78. The van der Waals surface area contributed by atoms with Gasteiger partial charge in [0.2, 0.25) is 17.8 Å². The Labute approximate surface area is 66.1 Å². The number of carbonyl (C=O) groups excluding carboxylic acids is 1. The van der Waals surface area contributed by atoms with Crippen molar-refractivity contribution in [3.05, 3.63) is 18.2 Å². The number of ketones is 1. The van der Waals surface area contributed by atoms with Crippen LogP contribution in [-0.2, 0) is 7.05 Å². The number of hydrogen-bond acceptors (Lipinski definition) is 1. The number of imidazole rings is 1. The van der Waals surface area contributed by atoms with Gasteiger partial charge in [-0.15, -0.1) is 0 Å². The number of hydrogen-bond donors (Lipinski definition) is 1. The molecule has 0 unspecified atom stereocenters. The maximum absolute atomic E-state index is 11.3. The van der Waals surface area contributed by atoms with Crippen molar-refractivity contribution in [2.24, 2.45) is 13.0 Å². The third-order valence-electron chi connectivity index (χ3n) is 1.55. The monoisotopic (exact) mass is 153 g/mol. The summed E-state index contributed by atoms with van der Waals surface area (Å²) in [5, 5.41) is 0. The summed E-state index contributed by atoms with van der Waals surface area (Å²) in [4.78, 5) is 14.2. The van der Waals surface area contributed by atoms with Crippen LogP contribution in [-0.4, -0.2) is 10.8 Å². The molecule has 1 heterocycles. The Hall–Kier alpha value is -1.12. The lowest BCUT2D eigenvalue weighted by molar-refractivity contribution is -0.670. The number of aromatic nitrogens is 2. The zero-order chi connectivity index (χ0) is 8.43. The van der Waals surface area contributed by atoms with Crippen LogP contribution >= 0.6 is 0 Å². The van der Waals surface area contributed by atoms with Crippen LogP contribution in [0.5, 0.6) is 0 Å². The molecule has 3 heteroatoms. The Morgan fingerprint density at radius 3 is 2.64 bits per heavy atom. The fourth-order valence-corrected chi connectivity index (χ4v) is 0.895. The van der Waals surface area contributed by atoms with Crippen molar-refractivity contribution in [3.63, 3.8) is 0 Å². The molecule has 11 heavy (non-hydrogen) atoms. The van der Waals surface area contributed by atoms with E-state index in [9.17, 15) is 4.79 Å². The summed E-state index contributed by atoms with van der Waals surface area (Å²) >= 11 is 0. The van der Waals surface area contributed by atoms with Crippen molar-refractivity contribution >= 4 is 5.78 Å². The van der Waals surface area contributed by atoms with Gasteiger partial charge in [0.25, 0.3) is 0 Å². The fraction of sp³-hybridized carbons (Fsp3) is 0.500. The van der Waals surface area contributed by atoms with E-state index < -0.39 is 0 Å². The highest BCUT2D eigenvalue weighted by Gasteiger charge is 2.15. The molecule has 0 atom stereocenters. The van der Waals surface area contributed by atoms with Gasteiger partial charge >= 0.3 is 0 Å². The van der Waals surface area contributed by atoms with Crippen LogP contribution in [0.1, 0.15) is 24.3 Å². The molecular weight excluding hydrogens is 140 g/mol. The van der Waals surface area contributed by atoms with E-state index in [2.05, 4.69) is 4.98 Å². The summed E-state index contributed by atoms with van der Waals surface area (Å²) in [6.07, 6.45) is 3.55. The van der Waals surface area contributed by atoms with Crippen molar-refractivity contribution < 1.29 is 9.36 Å². The molecule has 0 bridgehead atoms. The molecular formula is C8H13N2O+. The lowest BCUT2D eigenvalue weighted by Crippen LogP contribution is -2.23. The Balaban J connectivity index is 2.85. The van der Waals surface area contributed by atoms with Crippen molar-refractivity contribution in [3.8, 4) is 0 Å². The first-order valence-corrected chi connectivity index (χ1v) is 3.69. The molecule has 60 valence electrons. The number of aryl methyl sites for hydroxylation is 1. The molecule has 0 aromatic carbocycles. The Bertz CT molecular complexity index is 263. The van der Waals surface area contributed by atoms with Gasteiger partial charge in [-0.1, -0.05) is 13.8 Å². The molecule has 0 aliphatic heterocycles. The molecule has 0 radical (unpaired) electrons. The zero-order valence-electron chi connectivity index (χ0n) is 7.09. The van der Waals surface area contributed by atoms with Crippen molar-refractivity contribution in [2.45, 2.75) is 13.8 Å². The smallest absolute Gasteiger partial charge is 0.241 e. The highest BCUT2D eigenvalue weighted by Crippen LogP contribution is 2.02. The molecule has 0 amide bonds. The average molecular weight is 153 g/mol. The number of nitrogens with zero attached hydrogens (tertiary/aromatic N) is 1. The highest BCUT2D eigenvalue weighted by atomic mass is 16.1. The minimum absolute atomic E-state index is 0.0636. The predicted octanol–water partition coefficient (Wildman–Crippen LogP) is 0.678. The number of nitrogens with one attached hydrogen (secondary N) is 1. The topological polar surface area (TPSA) is 36.7 Å². The van der Waals surface area contributed by atoms with Crippen molar-refractivity contribution in [1.82, 2.24) is 4.98 Å². The second kappa shape index (κ2) is 2.86. The van der Waals surface area contributed by atoms with E-state index in [0.717, 1.165) is 0 Å². The SMILES string of the molecule is CC(C)C(=O)c1c[n+](C)c[nH]1. The summed E-state index contributed by atoms with van der Waals surface area (Å²) in [7, 11) is 1.88. The van der Waals surface area contributed by atoms with Crippen LogP contribution in [0.2, 0.25) is 0 Å². The molecule has 1 rings (SSSR count). The van der Waals surface area contributed by atoms with E-state index in [1.165, 1.54) is 0 Å². The summed E-state index contributed by atoms with van der Waals surface area (Å²) in [5.74, 6) is 0.222. The van der Waals surface area contributed by atoms with Gasteiger partial charge in [0.15, 0.2) is 0 Å². The van der Waals surface area contributed by atoms with Gasteiger partial charge in [-0.05, 0) is 0 Å². The summed E-state index contributed by atoms with van der Waals surface area (Å²) in [6, 6.07) is 0. The van der Waals surface area contributed by atoms with Gasteiger partial charge in [-0.3, -0.25) is 4.79 Å². The average Bonchev–Trinajstić information content (AvgIpc) is 2.34. The van der Waals surface area contributed by atoms with Crippen LogP contribution in [0.3, 0.4) is 0 Å². The number of aromatic amines is 1. The van der Waals surface area contributed by atoms with Crippen molar-refractivity contribution in [1.29, 1.82) is 0 Å². The predicted molar refractivity (Wildman–Crippen MR) is 41.1 cm³/mol. The second-order valence-corrected chi connectivity index (χ2v) is 3.00. The van der Waals surface area contributed by atoms with Crippen LogP contribution < -0.4 is 4.57 Å². The first-order chi connectivity index (χ1) is 5.11. The van der Waals surface area contributed by atoms with E-state index in [0.29, 0.717) is 5.69 Å². The Morgan fingerprint density at radius 2 is 2.27 bits per heavy atom. The molecule has 0 saturated heterocycles. The van der Waals surface area contributed by atoms with Crippen molar-refractivity contribution in [2.75, 3.05) is 0 Å². The number of H-pyrrole nitrogens is 1. The maximum Gasteiger partial charge on any atom is 0.241 e. The molecule has 1 aromatic rings. The molecule has 0 aliphatic rings. The van der Waals surface area contributed by atoms with Gasteiger partial charge in [0.05, 0.1) is 7.05 Å². The first-order valence-electron chi connectivity index (χ1n) is 3.69. The molecule has 0 spiro atoms. The number of carbonyl (C=O) groups is 1. The molecule has 1 N–H and O–H groups in total. The lowest BCUT2D eigenvalue weighted by atomic mass is 10.1. The standard InChI is InChI=1S/C8H12N2O/c1-6(2)8(11)7-4-10(3)5-9-7/h4-6H,1-3H3/p+1. The molecule has 3 nitrogen and oxygen atoms in total. The quantitative estimate of drug-likeness (QED) is 0.492. The minimum Gasteiger partial charge on any atom is -0.290 e. The van der Waals surface area contributed by atoms with Crippen LogP contribution in [0, 0.1) is 5.92 Å². The van der Waals surface area contributed by atoms with Gasteiger partial charge in [0.1, 0.15) is 6.20 Å². The highest BCUT2D eigenvalue weighted by molar-refractivity contribution is 5.95. The maximum atomic E-state index is 11.3. The summed E-state index contributed by atoms with van der Waals surface area (Å²) < 4.78 is 1.83. The largest absolute Gasteiger partial charge is 0.290 e. The minimum atomic E-state index is 0.0636. The molecule has 0 saturated carbocycles. The summed E-state index contributed by atoms with van der Waals surface area (Å²) in [5.41, 5.74) is 0.683. The van der Waals surface area contributed by atoms with Gasteiger partial charge in [-0.2, -0.15) is 0 Å². The first kappa shape index (κ1) is 7.98. The molecule has 1 aromatic heterocycles. The van der Waals surface area contributed by atoms with Gasteiger partial charge in [-0.25, -0.2) is 9.55 Å². The van der Waals surface area contributed by atoms with Crippen LogP contribution in [0.15, 0.2) is 12.5 Å². The Morgan fingerprint density at radius 1 is 1.64 bits per heavy atom. The third kappa shape index (κ3) is 1.67. The second-order valence-electron chi connectivity index (χ2n) is 3.00. The van der Waals surface area contributed by atoms with E-state index in [-0.39, 0.29) is 11.7 Å². The third-order valence-corrected chi connectivity index (χ3v) is 1.55. The normalized spacial score (nSPS) is 10.5. The van der Waals surface area contributed by atoms with Crippen LogP contribution in [0.25, 0.3) is 0 Å². The van der Waals surface area contributed by atoms with Gasteiger partial charge < -0.3 is 0 Å². The van der Waals surface area contributed by atoms with E-state index >= 15 is 0 Å². The Kier molecular flexibility index (Phi) is 2.08. The van der Waals surface area contributed by atoms with E-state index in [1.54, 1.807) is 12.5 Å². The molecule has 0 aliphatic carbocycles. The van der Waals surface area contributed by atoms with E-state index in [1.807, 2.05) is 25.5 Å². The zero-order valence-corrected chi connectivity index (χ0v) is 7.09. The van der Waals surface area contributed by atoms with Crippen LogP contribution in [0.4, 0.5) is 0 Å². The number of rotatable bonds is 2. The van der Waals surface area contributed by atoms with E-state index in [4.69, 9.17) is 0 Å². The lowest BCUT2D eigenvalue weighted by Gasteiger charge is -1.95.